The number of aldehydes is 1. The van der Waals surface area contributed by atoms with Crippen LogP contribution in [-0.2, 0) is 24.3 Å². The van der Waals surface area contributed by atoms with Gasteiger partial charge in [-0.25, -0.2) is 18.0 Å². The topological polar surface area (TPSA) is 110 Å². The molecule has 2 atom stereocenters. The molecule has 144 valence electrons. The van der Waals surface area contributed by atoms with Crippen molar-refractivity contribution in [2.75, 3.05) is 19.5 Å². The van der Waals surface area contributed by atoms with Crippen LogP contribution in [0.4, 0.5) is 9.59 Å². The zero-order chi connectivity index (χ0) is 19.7. The molecule has 0 unspecified atom stereocenters. The highest BCUT2D eigenvalue weighted by atomic mass is 32.2. The molecule has 26 heavy (non-hydrogen) atoms. The van der Waals surface area contributed by atoms with Crippen molar-refractivity contribution in [1.29, 1.82) is 0 Å². The Bertz CT molecular complexity index is 663. The highest BCUT2D eigenvalue weighted by Crippen LogP contribution is 2.26. The first-order valence-corrected chi connectivity index (χ1v) is 9.59. The third kappa shape index (κ3) is 5.53. The van der Waals surface area contributed by atoms with Crippen molar-refractivity contribution in [3.63, 3.8) is 0 Å². The van der Waals surface area contributed by atoms with Crippen molar-refractivity contribution < 1.29 is 32.3 Å². The fourth-order valence-corrected chi connectivity index (χ4v) is 3.44. The predicted octanol–water partition coefficient (Wildman–Crippen LogP) is 1.64. The van der Waals surface area contributed by atoms with Gasteiger partial charge in [0.25, 0.3) is 0 Å². The Hall–Kier alpha value is -2.46. The van der Waals surface area contributed by atoms with Gasteiger partial charge in [-0.1, -0.05) is 41.9 Å². The van der Waals surface area contributed by atoms with Crippen LogP contribution in [-0.4, -0.2) is 61.8 Å². The molecule has 1 rings (SSSR count). The first-order chi connectivity index (χ1) is 12.3. The normalized spacial score (nSPS) is 19.5. The van der Waals surface area contributed by atoms with E-state index >= 15 is 0 Å². The van der Waals surface area contributed by atoms with E-state index in [4.69, 9.17) is 9.47 Å². The number of sulfonamides is 1. The summed E-state index contributed by atoms with van der Waals surface area (Å²) in [6, 6.07) is -1.07. The third-order valence-corrected chi connectivity index (χ3v) is 4.49. The average molecular weight is 386 g/mol. The number of carbonyl (C=O) groups is 3. The molecular weight excluding hydrogens is 364 g/mol. The zero-order valence-corrected chi connectivity index (χ0v) is 15.3. The summed E-state index contributed by atoms with van der Waals surface area (Å²) in [6.45, 7) is 6.26. The number of imide groups is 1. The van der Waals surface area contributed by atoms with Crippen LogP contribution in [0.2, 0.25) is 0 Å². The van der Waals surface area contributed by atoms with Crippen molar-refractivity contribution in [2.24, 2.45) is 5.92 Å². The summed E-state index contributed by atoms with van der Waals surface area (Å²) < 4.78 is 34.9. The van der Waals surface area contributed by atoms with Crippen molar-refractivity contribution >= 4 is 28.5 Å². The monoisotopic (exact) mass is 386 g/mol. The second-order valence-electron chi connectivity index (χ2n) is 5.37. The summed E-state index contributed by atoms with van der Waals surface area (Å²) in [5, 5.41) is 0.235. The molecule has 10 heteroatoms. The summed E-state index contributed by atoms with van der Waals surface area (Å²) >= 11 is 0. The van der Waals surface area contributed by atoms with E-state index in [1.807, 2.05) is 0 Å². The molecule has 0 N–H and O–H groups in total. The number of carbonyl (C=O) groups excluding carboxylic acids is 3. The lowest BCUT2D eigenvalue weighted by atomic mass is 9.91. The fraction of sp³-hybridized carbons (Fsp3) is 0.438. The molecule has 0 radical (unpaired) electrons. The number of nitrogens with zero attached hydrogens (tertiary/aromatic N) is 2. The molecule has 0 spiro atoms. The Morgan fingerprint density at radius 2 is 1.73 bits per heavy atom. The molecule has 0 heterocycles. The van der Waals surface area contributed by atoms with E-state index in [2.05, 4.69) is 13.2 Å². The smallest absolute Gasteiger partial charge is 0.435 e. The van der Waals surface area contributed by atoms with Gasteiger partial charge in [0.2, 0.25) is 10.0 Å². The summed E-state index contributed by atoms with van der Waals surface area (Å²) in [6.07, 6.45) is 5.44. The van der Waals surface area contributed by atoms with Gasteiger partial charge in [0, 0.05) is 5.92 Å². The molecule has 0 aromatic carbocycles. The number of rotatable bonds is 8. The van der Waals surface area contributed by atoms with Crippen molar-refractivity contribution in [2.45, 2.75) is 18.9 Å². The van der Waals surface area contributed by atoms with Gasteiger partial charge >= 0.3 is 12.2 Å². The number of ether oxygens (including phenoxy) is 2. The van der Waals surface area contributed by atoms with Crippen LogP contribution < -0.4 is 0 Å². The molecule has 0 bridgehead atoms. The van der Waals surface area contributed by atoms with E-state index in [0.29, 0.717) is 23.5 Å². The summed E-state index contributed by atoms with van der Waals surface area (Å²) in [5.74, 6) is -0.739. The number of amides is 2. The van der Waals surface area contributed by atoms with Gasteiger partial charge in [0.05, 0.1) is 12.3 Å². The van der Waals surface area contributed by atoms with Crippen LogP contribution in [0.5, 0.6) is 0 Å². The maximum atomic E-state index is 12.4. The Labute approximate surface area is 152 Å². The molecule has 9 nitrogen and oxygen atoms in total. The van der Waals surface area contributed by atoms with E-state index in [-0.39, 0.29) is 18.2 Å². The van der Waals surface area contributed by atoms with Gasteiger partial charge in [-0.05, 0) is 12.8 Å². The van der Waals surface area contributed by atoms with Gasteiger partial charge in [-0.15, -0.1) is 5.01 Å². The lowest BCUT2D eigenvalue weighted by Crippen LogP contribution is -2.58. The molecule has 0 aliphatic heterocycles. The quantitative estimate of drug-likeness (QED) is 0.354. The Morgan fingerprint density at radius 1 is 1.19 bits per heavy atom. The fourth-order valence-electron chi connectivity index (χ4n) is 2.34. The van der Waals surface area contributed by atoms with Crippen LogP contribution in [0, 0.1) is 5.92 Å². The van der Waals surface area contributed by atoms with E-state index in [1.165, 1.54) is 18.2 Å². The molecule has 1 aliphatic carbocycles. The molecule has 2 amide bonds. The van der Waals surface area contributed by atoms with Gasteiger partial charge in [0.15, 0.2) is 0 Å². The average Bonchev–Trinajstić information content (AvgIpc) is 2.60. The molecule has 0 aromatic heterocycles. The van der Waals surface area contributed by atoms with E-state index < -0.39 is 34.2 Å². The predicted molar refractivity (Wildman–Crippen MR) is 93.3 cm³/mol. The summed E-state index contributed by atoms with van der Waals surface area (Å²) in [4.78, 5) is 36.1. The van der Waals surface area contributed by atoms with Crippen molar-refractivity contribution in [3.05, 3.63) is 37.5 Å². The largest absolute Gasteiger partial charge is 0.444 e. The third-order valence-electron chi connectivity index (χ3n) is 3.40. The van der Waals surface area contributed by atoms with Crippen LogP contribution >= 0.6 is 0 Å². The molecule has 0 fully saturated rings. The molecule has 0 saturated carbocycles. The number of hydrazine groups is 1. The molecular formula is C16H22N2O7S. The lowest BCUT2D eigenvalue weighted by Gasteiger charge is -2.37. The first kappa shape index (κ1) is 21.6. The maximum Gasteiger partial charge on any atom is 0.435 e. The van der Waals surface area contributed by atoms with E-state index in [1.54, 1.807) is 6.08 Å². The number of hydrogen-bond acceptors (Lipinski definition) is 7. The van der Waals surface area contributed by atoms with Crippen molar-refractivity contribution in [1.82, 2.24) is 9.42 Å². The van der Waals surface area contributed by atoms with Gasteiger partial charge in [0.1, 0.15) is 19.5 Å². The second kappa shape index (κ2) is 9.88. The first-order valence-electron chi connectivity index (χ1n) is 7.74. The Morgan fingerprint density at radius 3 is 2.15 bits per heavy atom. The lowest BCUT2D eigenvalue weighted by molar-refractivity contribution is -0.113. The highest BCUT2D eigenvalue weighted by Gasteiger charge is 2.43. The Balaban J connectivity index is 3.38. The second-order valence-corrected chi connectivity index (χ2v) is 7.21. The van der Waals surface area contributed by atoms with E-state index in [9.17, 15) is 22.8 Å². The SMILES string of the molecule is C=CCOC(=O)N(C(=O)OCC=C)N([C@@H]1C=CCC[C@H]1C=O)S(C)(=O)=O. The van der Waals surface area contributed by atoms with E-state index in [0.717, 1.165) is 6.26 Å². The minimum Gasteiger partial charge on any atom is -0.444 e. The minimum atomic E-state index is -4.15. The molecule has 0 saturated heterocycles. The maximum absolute atomic E-state index is 12.4. The van der Waals surface area contributed by atoms with Gasteiger partial charge < -0.3 is 14.3 Å². The van der Waals surface area contributed by atoms with Crippen LogP contribution in [0.15, 0.2) is 37.5 Å². The van der Waals surface area contributed by atoms with Gasteiger partial charge in [-0.2, -0.15) is 0 Å². The number of hydrogen-bond donors (Lipinski definition) is 0. The molecule has 1 aliphatic rings. The highest BCUT2D eigenvalue weighted by molar-refractivity contribution is 7.88. The summed E-state index contributed by atoms with van der Waals surface area (Å²) in [7, 11) is -4.15. The number of allylic oxidation sites excluding steroid dienone is 1. The Kier molecular flexibility index (Phi) is 8.20. The zero-order valence-electron chi connectivity index (χ0n) is 14.4. The molecule has 0 aromatic rings. The summed E-state index contributed by atoms with van der Waals surface area (Å²) in [5.41, 5.74) is 0. The van der Waals surface area contributed by atoms with Gasteiger partial charge in [-0.3, -0.25) is 0 Å². The van der Waals surface area contributed by atoms with Crippen LogP contribution in [0.25, 0.3) is 0 Å². The van der Waals surface area contributed by atoms with Crippen LogP contribution in [0.1, 0.15) is 12.8 Å². The standard InChI is InChI=1S/C16H22N2O7S/c1-4-10-24-15(20)17(16(21)25-11-5-2)18(26(3,22)23)14-9-7-6-8-13(14)12-19/h4-5,7,9,12-14H,1-2,6,8,10-11H2,3H3/t13-,14+/m0/s1. The minimum absolute atomic E-state index is 0.235. The van der Waals surface area contributed by atoms with Crippen LogP contribution in [0.3, 0.4) is 0 Å². The van der Waals surface area contributed by atoms with Crippen molar-refractivity contribution in [3.8, 4) is 0 Å².